The van der Waals surface area contributed by atoms with E-state index in [0.717, 1.165) is 5.39 Å². The van der Waals surface area contributed by atoms with Crippen LogP contribution in [0.2, 0.25) is 0 Å². The molecular weight excluding hydrogens is 243 g/mol. The van der Waals surface area contributed by atoms with Crippen LogP contribution < -0.4 is 5.73 Å². The van der Waals surface area contributed by atoms with Crippen LogP contribution in [0, 0.1) is 0 Å². The fraction of sp³-hybridized carbons (Fsp3) is 0.231. The molecule has 1 atom stereocenters. The maximum Gasteiger partial charge on any atom is 0.403 e. The first-order valence-corrected chi connectivity index (χ1v) is 5.41. The highest BCUT2D eigenvalue weighted by Crippen LogP contribution is 2.30. The number of benzene rings is 2. The van der Waals surface area contributed by atoms with Crippen LogP contribution in [0.3, 0.4) is 0 Å². The molecule has 2 rings (SSSR count). The van der Waals surface area contributed by atoms with Crippen molar-refractivity contribution < 1.29 is 18.3 Å². The average Bonchev–Trinajstić information content (AvgIpc) is 2.31. The second-order valence-electron chi connectivity index (χ2n) is 4.14. The Morgan fingerprint density at radius 3 is 2.44 bits per heavy atom. The number of rotatable bonds is 2. The third-order valence-electron chi connectivity index (χ3n) is 2.86. The Labute approximate surface area is 102 Å². The van der Waals surface area contributed by atoms with Crippen LogP contribution in [0.4, 0.5) is 13.2 Å². The molecule has 3 N–H and O–H groups in total. The fourth-order valence-corrected chi connectivity index (χ4v) is 1.87. The zero-order valence-corrected chi connectivity index (χ0v) is 9.41. The SMILES string of the molecule is NC(Cc1c(O)ccc2ccccc12)C(F)(F)F. The van der Waals surface area contributed by atoms with Gasteiger partial charge < -0.3 is 10.8 Å². The summed E-state index contributed by atoms with van der Waals surface area (Å²) in [7, 11) is 0. The predicted molar refractivity (Wildman–Crippen MR) is 63.3 cm³/mol. The summed E-state index contributed by atoms with van der Waals surface area (Å²) in [6, 6.07) is 8.02. The molecule has 96 valence electrons. The molecule has 0 aliphatic heterocycles. The van der Waals surface area contributed by atoms with Crippen LogP contribution in [-0.4, -0.2) is 17.3 Å². The van der Waals surface area contributed by atoms with E-state index in [1.54, 1.807) is 30.3 Å². The molecule has 1 unspecified atom stereocenters. The molecule has 0 heterocycles. The van der Waals surface area contributed by atoms with Crippen molar-refractivity contribution in [3.63, 3.8) is 0 Å². The first-order valence-electron chi connectivity index (χ1n) is 5.41. The maximum atomic E-state index is 12.5. The molecule has 2 nitrogen and oxygen atoms in total. The molecule has 0 aliphatic rings. The second kappa shape index (κ2) is 4.49. The molecule has 0 saturated carbocycles. The number of alkyl halides is 3. The molecule has 0 aliphatic carbocycles. The van der Waals surface area contributed by atoms with Gasteiger partial charge in [0, 0.05) is 12.0 Å². The number of aromatic hydroxyl groups is 1. The molecule has 0 saturated heterocycles. The van der Waals surface area contributed by atoms with Crippen LogP contribution in [0.25, 0.3) is 10.8 Å². The van der Waals surface area contributed by atoms with E-state index in [1.165, 1.54) is 6.07 Å². The van der Waals surface area contributed by atoms with Gasteiger partial charge in [-0.3, -0.25) is 0 Å². The number of hydrogen-bond donors (Lipinski definition) is 2. The molecule has 0 bridgehead atoms. The van der Waals surface area contributed by atoms with Crippen LogP contribution in [0.15, 0.2) is 36.4 Å². The summed E-state index contributed by atoms with van der Waals surface area (Å²) in [5.41, 5.74) is 5.34. The maximum absolute atomic E-state index is 12.5. The van der Waals surface area contributed by atoms with Gasteiger partial charge in [0.2, 0.25) is 0 Å². The van der Waals surface area contributed by atoms with Crippen LogP contribution in [0.5, 0.6) is 5.75 Å². The van der Waals surface area contributed by atoms with Gasteiger partial charge in [0.05, 0.1) is 0 Å². The summed E-state index contributed by atoms with van der Waals surface area (Å²) >= 11 is 0. The molecule has 0 spiro atoms. The van der Waals surface area contributed by atoms with Gasteiger partial charge in [-0.25, -0.2) is 0 Å². The highest BCUT2D eigenvalue weighted by molar-refractivity contribution is 5.87. The largest absolute Gasteiger partial charge is 0.508 e. The zero-order chi connectivity index (χ0) is 13.3. The molecule has 2 aromatic rings. The predicted octanol–water partition coefficient (Wildman–Crippen LogP) is 2.98. The normalized spacial score (nSPS) is 13.8. The number of halogens is 3. The smallest absolute Gasteiger partial charge is 0.403 e. The zero-order valence-electron chi connectivity index (χ0n) is 9.41. The minimum atomic E-state index is -4.47. The van der Waals surface area contributed by atoms with E-state index >= 15 is 0 Å². The van der Waals surface area contributed by atoms with E-state index in [2.05, 4.69) is 0 Å². The molecule has 0 aromatic heterocycles. The third kappa shape index (κ3) is 2.41. The Morgan fingerprint density at radius 1 is 1.11 bits per heavy atom. The third-order valence-corrected chi connectivity index (χ3v) is 2.86. The number of phenolic OH excluding ortho intramolecular Hbond substituents is 1. The molecule has 5 heteroatoms. The van der Waals surface area contributed by atoms with Gasteiger partial charge in [0.25, 0.3) is 0 Å². The molecule has 0 amide bonds. The van der Waals surface area contributed by atoms with Gasteiger partial charge in [-0.2, -0.15) is 13.2 Å². The van der Waals surface area contributed by atoms with Gasteiger partial charge in [-0.1, -0.05) is 30.3 Å². The average molecular weight is 255 g/mol. The van der Waals surface area contributed by atoms with E-state index in [0.29, 0.717) is 5.39 Å². The number of phenols is 1. The quantitative estimate of drug-likeness (QED) is 0.866. The van der Waals surface area contributed by atoms with Crippen molar-refractivity contribution in [2.45, 2.75) is 18.6 Å². The standard InChI is InChI=1S/C13H12F3NO/c14-13(15,16)12(17)7-10-9-4-2-1-3-8(9)5-6-11(10)18/h1-6,12,18H,7,17H2. The Balaban J connectivity index is 2.47. The Morgan fingerprint density at radius 2 is 1.78 bits per heavy atom. The van der Waals surface area contributed by atoms with Gasteiger partial charge >= 0.3 is 6.18 Å². The lowest BCUT2D eigenvalue weighted by atomic mass is 9.98. The molecule has 0 radical (unpaired) electrons. The number of nitrogens with two attached hydrogens (primary N) is 1. The summed E-state index contributed by atoms with van der Waals surface area (Å²) in [4.78, 5) is 0. The van der Waals surface area contributed by atoms with Gasteiger partial charge in [0.15, 0.2) is 0 Å². The van der Waals surface area contributed by atoms with Crippen molar-refractivity contribution in [1.29, 1.82) is 0 Å². The lowest BCUT2D eigenvalue weighted by Gasteiger charge is -2.17. The molecule has 18 heavy (non-hydrogen) atoms. The van der Waals surface area contributed by atoms with E-state index in [1.807, 2.05) is 0 Å². The monoisotopic (exact) mass is 255 g/mol. The highest BCUT2D eigenvalue weighted by Gasteiger charge is 2.37. The lowest BCUT2D eigenvalue weighted by molar-refractivity contribution is -0.147. The molecular formula is C13H12F3NO. The van der Waals surface area contributed by atoms with Crippen molar-refractivity contribution >= 4 is 10.8 Å². The first-order chi connectivity index (χ1) is 8.39. The Kier molecular flexibility index (Phi) is 3.17. The number of hydrogen-bond acceptors (Lipinski definition) is 2. The summed E-state index contributed by atoms with van der Waals surface area (Å²) in [5.74, 6) is -0.159. The van der Waals surface area contributed by atoms with Crippen molar-refractivity contribution in [3.8, 4) is 5.75 Å². The van der Waals surface area contributed by atoms with Crippen LogP contribution in [0.1, 0.15) is 5.56 Å². The lowest BCUT2D eigenvalue weighted by Crippen LogP contribution is -2.39. The van der Waals surface area contributed by atoms with Gasteiger partial charge in [0.1, 0.15) is 11.8 Å². The van der Waals surface area contributed by atoms with Crippen molar-refractivity contribution in [2.75, 3.05) is 0 Å². The summed E-state index contributed by atoms with van der Waals surface area (Å²) in [6.07, 6.45) is -4.90. The topological polar surface area (TPSA) is 46.2 Å². The van der Waals surface area contributed by atoms with Gasteiger partial charge in [-0.15, -0.1) is 0 Å². The summed E-state index contributed by atoms with van der Waals surface area (Å²) in [5, 5.41) is 11.1. The first kappa shape index (κ1) is 12.7. The van der Waals surface area contributed by atoms with Crippen molar-refractivity contribution in [2.24, 2.45) is 5.73 Å². The van der Waals surface area contributed by atoms with Crippen molar-refractivity contribution in [1.82, 2.24) is 0 Å². The van der Waals surface area contributed by atoms with Gasteiger partial charge in [-0.05, 0) is 16.8 Å². The summed E-state index contributed by atoms with van der Waals surface area (Å²) in [6.45, 7) is 0. The van der Waals surface area contributed by atoms with E-state index in [4.69, 9.17) is 5.73 Å². The number of fused-ring (bicyclic) bond motifs is 1. The minimum absolute atomic E-state index is 0.159. The minimum Gasteiger partial charge on any atom is -0.508 e. The Hall–Kier alpha value is -1.75. The van der Waals surface area contributed by atoms with E-state index in [9.17, 15) is 18.3 Å². The second-order valence-corrected chi connectivity index (χ2v) is 4.14. The summed E-state index contributed by atoms with van der Waals surface area (Å²) < 4.78 is 37.4. The molecule has 0 fully saturated rings. The Bertz CT molecular complexity index is 566. The van der Waals surface area contributed by atoms with Crippen molar-refractivity contribution in [3.05, 3.63) is 42.0 Å². The van der Waals surface area contributed by atoms with Crippen LogP contribution >= 0.6 is 0 Å². The molecule has 2 aromatic carbocycles. The van der Waals surface area contributed by atoms with E-state index < -0.39 is 18.6 Å². The highest BCUT2D eigenvalue weighted by atomic mass is 19.4. The fourth-order valence-electron chi connectivity index (χ4n) is 1.87. The van der Waals surface area contributed by atoms with Crippen LogP contribution in [-0.2, 0) is 6.42 Å². The van der Waals surface area contributed by atoms with E-state index in [-0.39, 0.29) is 11.3 Å².